The van der Waals surface area contributed by atoms with Gasteiger partial charge in [0.1, 0.15) is 5.75 Å². The number of carbonyl (C=O) groups excluding carboxylic acids is 2. The lowest BCUT2D eigenvalue weighted by molar-refractivity contribution is -0.115. The van der Waals surface area contributed by atoms with Crippen molar-refractivity contribution in [2.75, 3.05) is 12.4 Å². The van der Waals surface area contributed by atoms with Crippen LogP contribution in [0.15, 0.2) is 97.1 Å². The summed E-state index contributed by atoms with van der Waals surface area (Å²) in [5.74, 6) is 0.289. The monoisotopic (exact) mass is 508 g/mol. The van der Waals surface area contributed by atoms with E-state index in [2.05, 4.69) is 5.32 Å². The predicted octanol–water partition coefficient (Wildman–Crippen LogP) is 7.15. The number of hydrogen-bond donors (Lipinski definition) is 1. The van der Waals surface area contributed by atoms with E-state index in [0.29, 0.717) is 27.5 Å². The van der Waals surface area contributed by atoms with Crippen molar-refractivity contribution in [1.29, 1.82) is 0 Å². The highest BCUT2D eigenvalue weighted by molar-refractivity contribution is 6.30. The fourth-order valence-corrected chi connectivity index (χ4v) is 4.74. The van der Waals surface area contributed by atoms with Gasteiger partial charge in [0.2, 0.25) is 5.91 Å². The van der Waals surface area contributed by atoms with Crippen molar-refractivity contribution in [3.05, 3.63) is 119 Å². The molecular weight excluding hydrogens is 484 g/mol. The maximum absolute atomic E-state index is 13.5. The number of nitrogens with one attached hydrogen (secondary N) is 1. The van der Waals surface area contributed by atoms with Crippen LogP contribution in [0.25, 0.3) is 22.0 Å². The molecule has 0 aliphatic carbocycles. The number of methoxy groups -OCH3 is 1. The molecule has 0 saturated carbocycles. The second kappa shape index (κ2) is 10.3. The molecule has 0 saturated heterocycles. The van der Waals surface area contributed by atoms with Crippen molar-refractivity contribution < 1.29 is 14.3 Å². The van der Waals surface area contributed by atoms with E-state index in [-0.39, 0.29) is 18.2 Å². The first-order valence-electron chi connectivity index (χ1n) is 11.9. The minimum absolute atomic E-state index is 0.0967. The van der Waals surface area contributed by atoms with Gasteiger partial charge in [-0.25, -0.2) is 0 Å². The Morgan fingerprint density at radius 1 is 0.892 bits per heavy atom. The van der Waals surface area contributed by atoms with Crippen LogP contribution < -0.4 is 10.1 Å². The minimum atomic E-state index is -0.189. The summed E-state index contributed by atoms with van der Waals surface area (Å²) in [5, 5.41) is 4.43. The van der Waals surface area contributed by atoms with Gasteiger partial charge in [-0.15, -0.1) is 0 Å². The molecule has 1 amide bonds. The first-order valence-corrected chi connectivity index (χ1v) is 12.3. The molecule has 5 nitrogen and oxygen atoms in total. The van der Waals surface area contributed by atoms with Crippen LogP contribution in [-0.4, -0.2) is 23.5 Å². The van der Waals surface area contributed by atoms with Gasteiger partial charge in [-0.05, 0) is 66.6 Å². The molecule has 1 N–H and O–H groups in total. The zero-order chi connectivity index (χ0) is 25.9. The molecule has 6 heteroatoms. The van der Waals surface area contributed by atoms with Crippen LogP contribution in [0.1, 0.15) is 21.6 Å². The summed E-state index contributed by atoms with van der Waals surface area (Å²) >= 11 is 6.02. The summed E-state index contributed by atoms with van der Waals surface area (Å²) in [6.45, 7) is 1.86. The molecule has 0 aliphatic heterocycles. The molecule has 0 spiro atoms. The molecule has 0 unspecified atom stereocenters. The van der Waals surface area contributed by atoms with Gasteiger partial charge in [0.15, 0.2) is 0 Å². The van der Waals surface area contributed by atoms with Gasteiger partial charge in [0.25, 0.3) is 5.91 Å². The number of fused-ring (bicyclic) bond motifs is 1. The maximum Gasteiger partial charge on any atom is 0.262 e. The number of para-hydroxylation sites is 1. The summed E-state index contributed by atoms with van der Waals surface area (Å²) in [6.07, 6.45) is 0.0967. The van der Waals surface area contributed by atoms with E-state index in [1.807, 2.05) is 79.7 Å². The number of carbonyl (C=O) groups is 2. The Morgan fingerprint density at radius 3 is 2.32 bits per heavy atom. The van der Waals surface area contributed by atoms with E-state index in [1.54, 1.807) is 35.9 Å². The molecule has 0 aliphatic rings. The van der Waals surface area contributed by atoms with Gasteiger partial charge in [-0.1, -0.05) is 60.1 Å². The third-order valence-corrected chi connectivity index (χ3v) is 6.71. The van der Waals surface area contributed by atoms with E-state index in [0.717, 1.165) is 27.8 Å². The first-order chi connectivity index (χ1) is 18.0. The molecule has 4 aromatic carbocycles. The van der Waals surface area contributed by atoms with Crippen molar-refractivity contribution >= 4 is 40.0 Å². The van der Waals surface area contributed by atoms with Crippen LogP contribution in [0.4, 0.5) is 5.69 Å². The molecule has 0 radical (unpaired) electrons. The predicted molar refractivity (Wildman–Crippen MR) is 149 cm³/mol. The standard InChI is InChI=1S/C31H25ClN2O3/c1-20-26(19-30(35)33-28-11-7-6-10-25(28)21-8-4-3-5-9-21)27-18-24(37-2)16-17-29(27)34(20)31(36)22-12-14-23(32)15-13-22/h3-18H,19H2,1-2H3,(H,33,35). The third-order valence-electron chi connectivity index (χ3n) is 6.46. The van der Waals surface area contributed by atoms with Crippen LogP contribution in [0.3, 0.4) is 0 Å². The smallest absolute Gasteiger partial charge is 0.262 e. The molecule has 5 rings (SSSR count). The van der Waals surface area contributed by atoms with E-state index in [4.69, 9.17) is 16.3 Å². The van der Waals surface area contributed by atoms with Crippen molar-refractivity contribution in [2.24, 2.45) is 0 Å². The average Bonchev–Trinajstić information content (AvgIpc) is 3.19. The first kappa shape index (κ1) is 24.3. The lowest BCUT2D eigenvalue weighted by Gasteiger charge is -2.12. The number of benzene rings is 4. The highest BCUT2D eigenvalue weighted by atomic mass is 35.5. The van der Waals surface area contributed by atoms with Crippen molar-refractivity contribution in [2.45, 2.75) is 13.3 Å². The zero-order valence-electron chi connectivity index (χ0n) is 20.5. The Hall–Kier alpha value is -4.35. The zero-order valence-corrected chi connectivity index (χ0v) is 21.3. The van der Waals surface area contributed by atoms with Gasteiger partial charge < -0.3 is 10.1 Å². The fourth-order valence-electron chi connectivity index (χ4n) is 4.61. The Bertz CT molecular complexity index is 1610. The molecular formula is C31H25ClN2O3. The normalized spacial score (nSPS) is 10.9. The van der Waals surface area contributed by atoms with Crippen molar-refractivity contribution in [1.82, 2.24) is 4.57 Å². The van der Waals surface area contributed by atoms with E-state index >= 15 is 0 Å². The molecule has 5 aromatic rings. The Morgan fingerprint density at radius 2 is 1.59 bits per heavy atom. The highest BCUT2D eigenvalue weighted by Gasteiger charge is 2.22. The molecule has 0 bridgehead atoms. The molecule has 37 heavy (non-hydrogen) atoms. The quantitative estimate of drug-likeness (QED) is 0.265. The van der Waals surface area contributed by atoms with Crippen LogP contribution in [-0.2, 0) is 11.2 Å². The Balaban J connectivity index is 1.52. The molecule has 1 aromatic heterocycles. The summed E-state index contributed by atoms with van der Waals surface area (Å²) in [4.78, 5) is 26.9. The number of rotatable bonds is 6. The second-order valence-electron chi connectivity index (χ2n) is 8.73. The SMILES string of the molecule is COc1ccc2c(c1)c(CC(=O)Nc1ccccc1-c1ccccc1)c(C)n2C(=O)c1ccc(Cl)cc1. The number of hydrogen-bond acceptors (Lipinski definition) is 3. The molecule has 184 valence electrons. The summed E-state index contributed by atoms with van der Waals surface area (Å²) in [5.41, 5.74) is 5.38. The van der Waals surface area contributed by atoms with Gasteiger partial charge in [-0.2, -0.15) is 0 Å². The lowest BCUT2D eigenvalue weighted by Crippen LogP contribution is -2.17. The van der Waals surface area contributed by atoms with Crippen LogP contribution in [0.2, 0.25) is 5.02 Å². The van der Waals surface area contributed by atoms with Crippen LogP contribution in [0, 0.1) is 6.92 Å². The van der Waals surface area contributed by atoms with E-state index in [9.17, 15) is 9.59 Å². The van der Waals surface area contributed by atoms with Crippen LogP contribution >= 0.6 is 11.6 Å². The Labute approximate surface area is 220 Å². The van der Waals surface area contributed by atoms with E-state index < -0.39 is 0 Å². The highest BCUT2D eigenvalue weighted by Crippen LogP contribution is 2.32. The summed E-state index contributed by atoms with van der Waals surface area (Å²) in [7, 11) is 1.59. The maximum atomic E-state index is 13.5. The number of nitrogens with zero attached hydrogens (tertiary/aromatic N) is 1. The lowest BCUT2D eigenvalue weighted by atomic mass is 10.0. The van der Waals surface area contributed by atoms with Gasteiger partial charge >= 0.3 is 0 Å². The number of anilines is 1. The largest absolute Gasteiger partial charge is 0.497 e. The third kappa shape index (κ3) is 4.86. The average molecular weight is 509 g/mol. The van der Waals surface area contributed by atoms with Crippen LogP contribution in [0.5, 0.6) is 5.75 Å². The van der Waals surface area contributed by atoms with Gasteiger partial charge in [0.05, 0.1) is 19.0 Å². The number of halogens is 1. The fraction of sp³-hybridized carbons (Fsp3) is 0.0968. The van der Waals surface area contributed by atoms with Gasteiger partial charge in [0, 0.05) is 32.9 Å². The minimum Gasteiger partial charge on any atom is -0.497 e. The topological polar surface area (TPSA) is 60.3 Å². The Kier molecular flexibility index (Phi) is 6.80. The second-order valence-corrected chi connectivity index (χ2v) is 9.17. The molecule has 0 fully saturated rings. The number of ether oxygens (including phenoxy) is 1. The van der Waals surface area contributed by atoms with E-state index in [1.165, 1.54) is 0 Å². The molecule has 0 atom stereocenters. The van der Waals surface area contributed by atoms with Crippen molar-refractivity contribution in [3.8, 4) is 16.9 Å². The summed E-state index contributed by atoms with van der Waals surface area (Å²) in [6, 6.07) is 30.0. The number of aromatic nitrogens is 1. The summed E-state index contributed by atoms with van der Waals surface area (Å²) < 4.78 is 7.09. The number of amides is 1. The molecule has 1 heterocycles. The van der Waals surface area contributed by atoms with Gasteiger partial charge in [-0.3, -0.25) is 14.2 Å². The van der Waals surface area contributed by atoms with Crippen molar-refractivity contribution in [3.63, 3.8) is 0 Å².